The highest BCUT2D eigenvalue weighted by atomic mass is 16.5. The van der Waals surface area contributed by atoms with E-state index in [-0.39, 0.29) is 0 Å². The van der Waals surface area contributed by atoms with E-state index in [1.807, 2.05) is 36.0 Å². The lowest BCUT2D eigenvalue weighted by atomic mass is 10.0. The van der Waals surface area contributed by atoms with Crippen molar-refractivity contribution in [3.05, 3.63) is 47.9 Å². The summed E-state index contributed by atoms with van der Waals surface area (Å²) in [6, 6.07) is 11.0. The Hall–Kier alpha value is -3.03. The molecule has 0 unspecified atom stereocenters. The van der Waals surface area contributed by atoms with E-state index in [2.05, 4.69) is 56.8 Å². The Bertz CT molecular complexity index is 1170. The fraction of sp³-hybridized carbons (Fsp3) is 0.423. The first kappa shape index (κ1) is 21.8. The third-order valence-electron chi connectivity index (χ3n) is 6.88. The second-order valence-electron chi connectivity index (χ2n) is 8.95. The number of pyridine rings is 1. The normalized spacial score (nSPS) is 18.7. The van der Waals surface area contributed by atoms with E-state index in [0.29, 0.717) is 6.04 Å². The predicted octanol–water partition coefficient (Wildman–Crippen LogP) is 4.35. The molecule has 2 saturated heterocycles. The van der Waals surface area contributed by atoms with Crippen molar-refractivity contribution in [3.8, 4) is 11.1 Å². The molecule has 2 aliphatic rings. The molecule has 33 heavy (non-hydrogen) atoms. The van der Waals surface area contributed by atoms with E-state index in [1.165, 1.54) is 5.70 Å². The molecule has 2 aromatic heterocycles. The van der Waals surface area contributed by atoms with Crippen LogP contribution in [0.3, 0.4) is 0 Å². The SMILES string of the molecule is C=Nc1c(-c2cc(C)nc3ccccc23)cnn1/C=C(\C)N1CCN(C2CCOCC2)CC1. The van der Waals surface area contributed by atoms with Gasteiger partial charge < -0.3 is 9.64 Å². The third-order valence-corrected chi connectivity index (χ3v) is 6.88. The van der Waals surface area contributed by atoms with Crippen molar-refractivity contribution in [1.82, 2.24) is 24.6 Å². The summed E-state index contributed by atoms with van der Waals surface area (Å²) in [5.41, 5.74) is 5.20. The van der Waals surface area contributed by atoms with Crippen LogP contribution in [0.2, 0.25) is 0 Å². The zero-order valence-electron chi connectivity index (χ0n) is 19.6. The first-order valence-corrected chi connectivity index (χ1v) is 11.8. The predicted molar refractivity (Wildman–Crippen MR) is 134 cm³/mol. The molecule has 2 fully saturated rings. The molecule has 0 bridgehead atoms. The maximum Gasteiger partial charge on any atom is 0.162 e. The minimum atomic E-state index is 0.675. The Labute approximate surface area is 195 Å². The molecule has 1 aromatic carbocycles. The van der Waals surface area contributed by atoms with Crippen molar-refractivity contribution in [2.75, 3.05) is 39.4 Å². The van der Waals surface area contributed by atoms with Gasteiger partial charge in [-0.25, -0.2) is 9.67 Å². The summed E-state index contributed by atoms with van der Waals surface area (Å²) in [5.74, 6) is 0.756. The molecule has 0 radical (unpaired) electrons. The van der Waals surface area contributed by atoms with Gasteiger partial charge in [-0.05, 0) is 51.1 Å². The molecular formula is C26H32N6O. The average molecular weight is 445 g/mol. The number of allylic oxidation sites excluding steroid dienone is 1. The Kier molecular flexibility index (Phi) is 6.24. The monoisotopic (exact) mass is 444 g/mol. The molecule has 7 heteroatoms. The molecule has 3 aromatic rings. The van der Waals surface area contributed by atoms with Crippen LogP contribution in [0, 0.1) is 6.92 Å². The molecule has 0 amide bonds. The minimum absolute atomic E-state index is 0.675. The molecule has 172 valence electrons. The fourth-order valence-electron chi connectivity index (χ4n) is 5.08. The number of para-hydroxylation sites is 1. The molecular weight excluding hydrogens is 412 g/mol. The van der Waals surface area contributed by atoms with Gasteiger partial charge >= 0.3 is 0 Å². The van der Waals surface area contributed by atoms with Gasteiger partial charge in [-0.1, -0.05) is 18.2 Å². The van der Waals surface area contributed by atoms with Crippen molar-refractivity contribution in [3.63, 3.8) is 0 Å². The Morgan fingerprint density at radius 3 is 2.64 bits per heavy atom. The van der Waals surface area contributed by atoms with Crippen molar-refractivity contribution >= 4 is 29.6 Å². The summed E-state index contributed by atoms with van der Waals surface area (Å²) in [4.78, 5) is 14.1. The molecule has 7 nitrogen and oxygen atoms in total. The molecule has 0 saturated carbocycles. The number of hydrogen-bond donors (Lipinski definition) is 0. The van der Waals surface area contributed by atoms with Gasteiger partial charge in [0.15, 0.2) is 5.82 Å². The summed E-state index contributed by atoms with van der Waals surface area (Å²) in [5, 5.41) is 5.75. The van der Waals surface area contributed by atoms with Gasteiger partial charge in [-0.15, -0.1) is 0 Å². The van der Waals surface area contributed by atoms with Gasteiger partial charge in [-0.3, -0.25) is 9.88 Å². The van der Waals surface area contributed by atoms with Gasteiger partial charge in [-0.2, -0.15) is 5.10 Å². The minimum Gasteiger partial charge on any atom is -0.381 e. The van der Waals surface area contributed by atoms with Gasteiger partial charge in [0.1, 0.15) is 0 Å². The first-order chi connectivity index (χ1) is 16.1. The lowest BCUT2D eigenvalue weighted by Crippen LogP contribution is -2.51. The second kappa shape index (κ2) is 9.45. The lowest BCUT2D eigenvalue weighted by Gasteiger charge is -2.41. The number of aromatic nitrogens is 3. The van der Waals surface area contributed by atoms with E-state index >= 15 is 0 Å². The van der Waals surface area contributed by atoms with E-state index in [9.17, 15) is 0 Å². The zero-order valence-corrected chi connectivity index (χ0v) is 19.6. The van der Waals surface area contributed by atoms with E-state index < -0.39 is 0 Å². The molecule has 5 rings (SSSR count). The number of benzene rings is 1. The molecule has 0 aliphatic carbocycles. The highest BCUT2D eigenvalue weighted by molar-refractivity contribution is 5.97. The summed E-state index contributed by atoms with van der Waals surface area (Å²) < 4.78 is 7.38. The number of nitrogens with zero attached hydrogens (tertiary/aromatic N) is 6. The molecule has 0 N–H and O–H groups in total. The Morgan fingerprint density at radius 1 is 1.12 bits per heavy atom. The van der Waals surface area contributed by atoms with Crippen LogP contribution in [-0.2, 0) is 4.74 Å². The maximum absolute atomic E-state index is 5.53. The number of hydrogen-bond acceptors (Lipinski definition) is 6. The van der Waals surface area contributed by atoms with Crippen LogP contribution in [0.15, 0.2) is 47.2 Å². The first-order valence-electron chi connectivity index (χ1n) is 11.8. The average Bonchev–Trinajstić information content (AvgIpc) is 3.26. The topological polar surface area (TPSA) is 58.8 Å². The Balaban J connectivity index is 1.38. The highest BCUT2D eigenvalue weighted by Crippen LogP contribution is 2.35. The molecule has 0 spiro atoms. The molecule has 2 aliphatic heterocycles. The van der Waals surface area contributed by atoms with E-state index in [0.717, 1.165) is 85.8 Å². The largest absolute Gasteiger partial charge is 0.381 e. The summed E-state index contributed by atoms with van der Waals surface area (Å²) in [6.07, 6.45) is 6.27. The number of aliphatic imine (C=N–C) groups is 1. The number of rotatable bonds is 5. The van der Waals surface area contributed by atoms with Crippen LogP contribution in [0.4, 0.5) is 5.82 Å². The van der Waals surface area contributed by atoms with E-state index in [1.54, 1.807) is 0 Å². The summed E-state index contributed by atoms with van der Waals surface area (Å²) >= 11 is 0. The van der Waals surface area contributed by atoms with Crippen molar-refractivity contribution in [2.45, 2.75) is 32.7 Å². The number of piperazine rings is 1. The van der Waals surface area contributed by atoms with Crippen LogP contribution in [0.5, 0.6) is 0 Å². The summed E-state index contributed by atoms with van der Waals surface area (Å²) in [7, 11) is 0. The van der Waals surface area contributed by atoms with Crippen LogP contribution < -0.4 is 0 Å². The molecule has 4 heterocycles. The van der Waals surface area contributed by atoms with Crippen LogP contribution in [-0.4, -0.2) is 76.7 Å². The quantitative estimate of drug-likeness (QED) is 0.548. The van der Waals surface area contributed by atoms with Gasteiger partial charge in [0, 0.05) is 74.0 Å². The lowest BCUT2D eigenvalue weighted by molar-refractivity contribution is 0.0184. The van der Waals surface area contributed by atoms with Gasteiger partial charge in [0.2, 0.25) is 0 Å². The van der Waals surface area contributed by atoms with Crippen molar-refractivity contribution < 1.29 is 4.74 Å². The van der Waals surface area contributed by atoms with Crippen LogP contribution in [0.1, 0.15) is 25.5 Å². The fourth-order valence-corrected chi connectivity index (χ4v) is 5.08. The molecule has 0 atom stereocenters. The van der Waals surface area contributed by atoms with Gasteiger partial charge in [0.05, 0.1) is 11.7 Å². The highest BCUT2D eigenvalue weighted by Gasteiger charge is 2.25. The van der Waals surface area contributed by atoms with Crippen LogP contribution in [0.25, 0.3) is 28.2 Å². The third kappa shape index (κ3) is 4.43. The number of ether oxygens (including phenoxy) is 1. The Morgan fingerprint density at radius 2 is 1.88 bits per heavy atom. The smallest absolute Gasteiger partial charge is 0.162 e. The van der Waals surface area contributed by atoms with E-state index in [4.69, 9.17) is 4.74 Å². The maximum atomic E-state index is 5.53. The van der Waals surface area contributed by atoms with Crippen molar-refractivity contribution in [2.24, 2.45) is 4.99 Å². The number of fused-ring (bicyclic) bond motifs is 1. The number of aryl methyl sites for hydroxylation is 1. The summed E-state index contributed by atoms with van der Waals surface area (Å²) in [6.45, 7) is 14.1. The van der Waals surface area contributed by atoms with Crippen molar-refractivity contribution in [1.29, 1.82) is 0 Å². The standard InChI is InChI=1S/C26H32N6O/c1-19-16-23(22-6-4-5-7-25(22)29-19)24-17-28-32(26(24)27-3)18-20(2)30-10-12-31(13-11-30)21-8-14-33-15-9-21/h4-7,16-18,21H,3,8-15H2,1-2H3/b20-18+. The van der Waals surface area contributed by atoms with Gasteiger partial charge in [0.25, 0.3) is 0 Å². The second-order valence-corrected chi connectivity index (χ2v) is 8.95. The van der Waals surface area contributed by atoms with Crippen LogP contribution >= 0.6 is 0 Å². The zero-order chi connectivity index (χ0) is 22.8.